The second kappa shape index (κ2) is 14.4. The molecule has 2 rings (SSSR count). The normalized spacial score (nSPS) is 11.2. The van der Waals surface area contributed by atoms with E-state index in [1.807, 2.05) is 0 Å². The standard InChI is InChI=1S/C26H43N2/c1-3-5-7-8-9-10-15-21-27-23-24-28(26(27)20-12-6-4-2)22-16-19-25-17-13-11-14-18-25/h11,13-14,17-18,23-24H,3-10,12,15-16,19-22H2,1-2H3/q+1. The molecule has 2 nitrogen and oxygen atoms in total. The number of rotatable bonds is 16. The van der Waals surface area contributed by atoms with Gasteiger partial charge >= 0.3 is 0 Å². The Hall–Kier alpha value is -1.57. The van der Waals surface area contributed by atoms with E-state index in [1.165, 1.54) is 95.6 Å². The molecule has 0 aliphatic carbocycles. The van der Waals surface area contributed by atoms with E-state index in [0.29, 0.717) is 0 Å². The third kappa shape index (κ3) is 8.63. The fourth-order valence-electron chi connectivity index (χ4n) is 4.06. The fraction of sp³-hybridized carbons (Fsp3) is 0.654. The summed E-state index contributed by atoms with van der Waals surface area (Å²) in [4.78, 5) is 0. The molecule has 0 spiro atoms. The lowest BCUT2D eigenvalue weighted by atomic mass is 10.1. The number of aromatic nitrogens is 2. The van der Waals surface area contributed by atoms with Gasteiger partial charge in [-0.25, -0.2) is 9.13 Å². The Kier molecular flexibility index (Phi) is 11.7. The van der Waals surface area contributed by atoms with Gasteiger partial charge in [-0.05, 0) is 37.7 Å². The second-order valence-corrected chi connectivity index (χ2v) is 8.27. The van der Waals surface area contributed by atoms with E-state index in [9.17, 15) is 0 Å². The van der Waals surface area contributed by atoms with E-state index in [0.717, 1.165) is 6.54 Å². The molecule has 156 valence electrons. The Bertz CT molecular complexity index is 615. The molecule has 0 aliphatic rings. The first-order valence-electron chi connectivity index (χ1n) is 12.0. The van der Waals surface area contributed by atoms with Gasteiger partial charge in [0.05, 0.1) is 13.1 Å². The number of hydrogen-bond acceptors (Lipinski definition) is 0. The summed E-state index contributed by atoms with van der Waals surface area (Å²) in [7, 11) is 0. The molecule has 0 saturated heterocycles. The molecule has 0 radical (unpaired) electrons. The summed E-state index contributed by atoms with van der Waals surface area (Å²) in [5.74, 6) is 1.55. The second-order valence-electron chi connectivity index (χ2n) is 8.27. The van der Waals surface area contributed by atoms with Crippen LogP contribution in [0.15, 0.2) is 42.7 Å². The fourth-order valence-corrected chi connectivity index (χ4v) is 4.06. The lowest BCUT2D eigenvalue weighted by Gasteiger charge is -2.06. The van der Waals surface area contributed by atoms with Crippen molar-refractivity contribution in [2.24, 2.45) is 0 Å². The number of nitrogens with zero attached hydrogens (tertiary/aromatic N) is 2. The first kappa shape index (κ1) is 22.7. The molecule has 1 heterocycles. The Morgan fingerprint density at radius 2 is 1.39 bits per heavy atom. The topological polar surface area (TPSA) is 8.81 Å². The van der Waals surface area contributed by atoms with Crippen molar-refractivity contribution < 1.29 is 4.57 Å². The van der Waals surface area contributed by atoms with Gasteiger partial charge in [0.15, 0.2) is 0 Å². The van der Waals surface area contributed by atoms with Gasteiger partial charge in [0.2, 0.25) is 0 Å². The van der Waals surface area contributed by atoms with E-state index in [4.69, 9.17) is 0 Å². The van der Waals surface area contributed by atoms with Crippen LogP contribution < -0.4 is 4.57 Å². The van der Waals surface area contributed by atoms with Crippen LogP contribution in [0.25, 0.3) is 0 Å². The summed E-state index contributed by atoms with van der Waals surface area (Å²) in [6.07, 6.45) is 21.9. The van der Waals surface area contributed by atoms with Gasteiger partial charge in [-0.2, -0.15) is 0 Å². The van der Waals surface area contributed by atoms with Crippen molar-refractivity contribution in [2.75, 3.05) is 0 Å². The summed E-state index contributed by atoms with van der Waals surface area (Å²) in [6, 6.07) is 10.9. The maximum atomic E-state index is 2.55. The van der Waals surface area contributed by atoms with Crippen molar-refractivity contribution in [2.45, 2.75) is 110 Å². The van der Waals surface area contributed by atoms with Crippen LogP contribution in [0.4, 0.5) is 0 Å². The Labute approximate surface area is 174 Å². The van der Waals surface area contributed by atoms with E-state index >= 15 is 0 Å². The van der Waals surface area contributed by atoms with E-state index in [-0.39, 0.29) is 0 Å². The minimum Gasteiger partial charge on any atom is -0.234 e. The molecule has 0 unspecified atom stereocenters. The van der Waals surface area contributed by atoms with Crippen LogP contribution in [0, 0.1) is 0 Å². The lowest BCUT2D eigenvalue weighted by Crippen LogP contribution is -2.37. The van der Waals surface area contributed by atoms with Gasteiger partial charge in [-0.3, -0.25) is 0 Å². The maximum absolute atomic E-state index is 2.55. The van der Waals surface area contributed by atoms with E-state index < -0.39 is 0 Å². The van der Waals surface area contributed by atoms with Crippen LogP contribution in [0.1, 0.15) is 95.9 Å². The zero-order valence-corrected chi connectivity index (χ0v) is 18.5. The molecule has 0 aliphatic heterocycles. The van der Waals surface area contributed by atoms with E-state index in [1.54, 1.807) is 5.82 Å². The highest BCUT2D eigenvalue weighted by Gasteiger charge is 2.16. The molecule has 1 aromatic carbocycles. The molecule has 0 saturated carbocycles. The van der Waals surface area contributed by atoms with E-state index in [2.05, 4.69) is 65.7 Å². The quantitative estimate of drug-likeness (QED) is 0.220. The number of benzene rings is 1. The SMILES string of the molecule is CCCCCCCCCn1cc[n+](CCCc2ccccc2)c1CCCCC. The average molecular weight is 384 g/mol. The van der Waals surface area contributed by atoms with Crippen molar-refractivity contribution in [3.05, 3.63) is 54.1 Å². The molecule has 0 bridgehead atoms. The molecule has 0 N–H and O–H groups in total. The first-order chi connectivity index (χ1) is 13.8. The number of hydrogen-bond donors (Lipinski definition) is 0. The number of aryl methyl sites for hydroxylation is 3. The molecule has 2 heteroatoms. The highest BCUT2D eigenvalue weighted by Crippen LogP contribution is 2.11. The Morgan fingerprint density at radius 3 is 2.14 bits per heavy atom. The largest absolute Gasteiger partial charge is 0.256 e. The number of imidazole rings is 1. The first-order valence-corrected chi connectivity index (χ1v) is 12.0. The van der Waals surface area contributed by atoms with Crippen LogP contribution in [-0.4, -0.2) is 4.57 Å². The van der Waals surface area contributed by atoms with Crippen LogP contribution in [0.5, 0.6) is 0 Å². The lowest BCUT2D eigenvalue weighted by molar-refractivity contribution is -0.704. The molecule has 0 atom stereocenters. The average Bonchev–Trinajstić information content (AvgIpc) is 3.10. The van der Waals surface area contributed by atoms with Gasteiger partial charge in [0, 0.05) is 6.42 Å². The van der Waals surface area contributed by atoms with Gasteiger partial charge < -0.3 is 0 Å². The van der Waals surface area contributed by atoms with Gasteiger partial charge in [-0.1, -0.05) is 89.1 Å². The van der Waals surface area contributed by atoms with Gasteiger partial charge in [0.1, 0.15) is 12.4 Å². The van der Waals surface area contributed by atoms with Crippen LogP contribution >= 0.6 is 0 Å². The van der Waals surface area contributed by atoms with Crippen LogP contribution in [0.2, 0.25) is 0 Å². The predicted molar refractivity (Wildman–Crippen MR) is 121 cm³/mol. The monoisotopic (exact) mass is 383 g/mol. The highest BCUT2D eigenvalue weighted by atomic mass is 15.1. The van der Waals surface area contributed by atoms with Crippen LogP contribution in [-0.2, 0) is 25.9 Å². The highest BCUT2D eigenvalue weighted by molar-refractivity contribution is 5.14. The minimum absolute atomic E-state index is 1.14. The summed E-state index contributed by atoms with van der Waals surface area (Å²) in [6.45, 7) is 6.92. The molecular weight excluding hydrogens is 340 g/mol. The molecular formula is C26H43N2+. The summed E-state index contributed by atoms with van der Waals surface area (Å²) < 4.78 is 5.07. The third-order valence-corrected chi connectivity index (χ3v) is 5.80. The zero-order valence-electron chi connectivity index (χ0n) is 18.5. The van der Waals surface area contributed by atoms with Crippen molar-refractivity contribution in [1.82, 2.24) is 4.57 Å². The van der Waals surface area contributed by atoms with Crippen molar-refractivity contribution >= 4 is 0 Å². The molecule has 0 fully saturated rings. The minimum atomic E-state index is 1.14. The molecule has 28 heavy (non-hydrogen) atoms. The summed E-state index contributed by atoms with van der Waals surface area (Å²) >= 11 is 0. The maximum Gasteiger partial charge on any atom is 0.256 e. The molecule has 1 aromatic heterocycles. The van der Waals surface area contributed by atoms with Crippen molar-refractivity contribution in [3.8, 4) is 0 Å². The Morgan fingerprint density at radius 1 is 0.714 bits per heavy atom. The van der Waals surface area contributed by atoms with Crippen molar-refractivity contribution in [3.63, 3.8) is 0 Å². The molecule has 2 aromatic rings. The molecule has 0 amide bonds. The number of unbranched alkanes of at least 4 members (excludes halogenated alkanes) is 8. The zero-order chi connectivity index (χ0) is 19.9. The summed E-state index contributed by atoms with van der Waals surface area (Å²) in [5.41, 5.74) is 1.46. The van der Waals surface area contributed by atoms with Gasteiger partial charge in [-0.15, -0.1) is 0 Å². The Balaban J connectivity index is 1.82. The summed E-state index contributed by atoms with van der Waals surface area (Å²) in [5, 5.41) is 0. The van der Waals surface area contributed by atoms with Crippen LogP contribution in [0.3, 0.4) is 0 Å². The smallest absolute Gasteiger partial charge is 0.234 e. The van der Waals surface area contributed by atoms with Crippen molar-refractivity contribution in [1.29, 1.82) is 0 Å². The van der Waals surface area contributed by atoms with Gasteiger partial charge in [0.25, 0.3) is 5.82 Å². The predicted octanol–water partition coefficient (Wildman–Crippen LogP) is 6.89. The third-order valence-electron chi connectivity index (χ3n) is 5.80.